The number of hydrogen-bond acceptors (Lipinski definition) is 3. The molecule has 1 amide bonds. The SMILES string of the molecule is C=CCSCCNC(=O)c1ccccc1NCC. The molecule has 0 fully saturated rings. The zero-order chi connectivity index (χ0) is 13.2. The van der Waals surface area contributed by atoms with Gasteiger partial charge in [-0.15, -0.1) is 6.58 Å². The van der Waals surface area contributed by atoms with E-state index in [0.29, 0.717) is 12.1 Å². The Labute approximate surface area is 113 Å². The fourth-order valence-electron chi connectivity index (χ4n) is 1.52. The molecule has 0 atom stereocenters. The summed E-state index contributed by atoms with van der Waals surface area (Å²) in [5, 5.41) is 6.11. The van der Waals surface area contributed by atoms with Crippen LogP contribution in [0.3, 0.4) is 0 Å². The number of nitrogens with one attached hydrogen (secondary N) is 2. The van der Waals surface area contributed by atoms with Gasteiger partial charge in [0, 0.05) is 30.3 Å². The zero-order valence-corrected chi connectivity index (χ0v) is 11.6. The number of benzene rings is 1. The molecular formula is C14H20N2OS. The van der Waals surface area contributed by atoms with Crippen LogP contribution in [0.5, 0.6) is 0 Å². The smallest absolute Gasteiger partial charge is 0.253 e. The number of anilines is 1. The molecule has 98 valence electrons. The van der Waals surface area contributed by atoms with Crippen LogP contribution in [-0.2, 0) is 0 Å². The first kappa shape index (κ1) is 14.6. The van der Waals surface area contributed by atoms with Crippen LogP contribution < -0.4 is 10.6 Å². The van der Waals surface area contributed by atoms with Crippen molar-refractivity contribution in [3.05, 3.63) is 42.5 Å². The number of carbonyl (C=O) groups excluding carboxylic acids is 1. The minimum atomic E-state index is -0.0225. The van der Waals surface area contributed by atoms with E-state index in [0.717, 1.165) is 23.7 Å². The van der Waals surface area contributed by atoms with Crippen LogP contribution in [-0.4, -0.2) is 30.5 Å². The minimum Gasteiger partial charge on any atom is -0.385 e. The summed E-state index contributed by atoms with van der Waals surface area (Å²) in [5.41, 5.74) is 1.59. The van der Waals surface area contributed by atoms with Crippen molar-refractivity contribution in [2.24, 2.45) is 0 Å². The molecule has 1 aromatic carbocycles. The zero-order valence-electron chi connectivity index (χ0n) is 10.7. The number of hydrogen-bond donors (Lipinski definition) is 2. The Kier molecular flexibility index (Phi) is 7.03. The third kappa shape index (κ3) is 4.84. The van der Waals surface area contributed by atoms with E-state index in [9.17, 15) is 4.79 Å². The summed E-state index contributed by atoms with van der Waals surface area (Å²) in [5.74, 6) is 1.80. The Bertz CT molecular complexity index is 393. The molecule has 0 unspecified atom stereocenters. The highest BCUT2D eigenvalue weighted by Crippen LogP contribution is 2.14. The standard InChI is InChI=1S/C14H20N2OS/c1-3-10-18-11-9-16-14(17)12-7-5-6-8-13(12)15-4-2/h3,5-8,15H,1,4,9-11H2,2H3,(H,16,17). The Balaban J connectivity index is 2.47. The Hall–Kier alpha value is -1.42. The fraction of sp³-hybridized carbons (Fsp3) is 0.357. The maximum Gasteiger partial charge on any atom is 0.253 e. The minimum absolute atomic E-state index is 0.0225. The largest absolute Gasteiger partial charge is 0.385 e. The second kappa shape index (κ2) is 8.64. The second-order valence-corrected chi connectivity index (χ2v) is 4.85. The van der Waals surface area contributed by atoms with Crippen molar-refractivity contribution in [2.75, 3.05) is 29.9 Å². The van der Waals surface area contributed by atoms with Crippen LogP contribution in [0.25, 0.3) is 0 Å². The van der Waals surface area contributed by atoms with Gasteiger partial charge in [-0.3, -0.25) is 4.79 Å². The van der Waals surface area contributed by atoms with E-state index in [2.05, 4.69) is 17.2 Å². The summed E-state index contributed by atoms with van der Waals surface area (Å²) >= 11 is 1.76. The first-order valence-corrected chi connectivity index (χ1v) is 7.24. The van der Waals surface area contributed by atoms with Crippen LogP contribution >= 0.6 is 11.8 Å². The van der Waals surface area contributed by atoms with E-state index in [-0.39, 0.29) is 5.91 Å². The van der Waals surface area contributed by atoms with Crippen LogP contribution in [0.15, 0.2) is 36.9 Å². The molecule has 0 aromatic heterocycles. The molecule has 0 saturated carbocycles. The van der Waals surface area contributed by atoms with Crippen molar-refractivity contribution in [1.82, 2.24) is 5.32 Å². The lowest BCUT2D eigenvalue weighted by atomic mass is 10.1. The highest BCUT2D eigenvalue weighted by atomic mass is 32.2. The molecule has 0 aliphatic carbocycles. The number of amides is 1. The van der Waals surface area contributed by atoms with E-state index < -0.39 is 0 Å². The van der Waals surface area contributed by atoms with Crippen LogP contribution in [0.2, 0.25) is 0 Å². The molecule has 18 heavy (non-hydrogen) atoms. The average molecular weight is 264 g/mol. The first-order chi connectivity index (χ1) is 8.79. The molecule has 0 aliphatic rings. The van der Waals surface area contributed by atoms with E-state index >= 15 is 0 Å². The first-order valence-electron chi connectivity index (χ1n) is 6.09. The van der Waals surface area contributed by atoms with Gasteiger partial charge < -0.3 is 10.6 Å². The van der Waals surface area contributed by atoms with Crippen molar-refractivity contribution < 1.29 is 4.79 Å². The topological polar surface area (TPSA) is 41.1 Å². The summed E-state index contributed by atoms with van der Waals surface area (Å²) < 4.78 is 0. The summed E-state index contributed by atoms with van der Waals surface area (Å²) in [6.07, 6.45) is 1.87. The number of para-hydroxylation sites is 1. The summed E-state index contributed by atoms with van der Waals surface area (Å²) in [6.45, 7) is 7.15. The van der Waals surface area contributed by atoms with Gasteiger partial charge in [-0.25, -0.2) is 0 Å². The van der Waals surface area contributed by atoms with Crippen LogP contribution in [0.1, 0.15) is 17.3 Å². The highest BCUT2D eigenvalue weighted by Gasteiger charge is 2.09. The molecule has 3 nitrogen and oxygen atoms in total. The quantitative estimate of drug-likeness (QED) is 0.560. The summed E-state index contributed by atoms with van der Waals surface area (Å²) in [6, 6.07) is 7.56. The van der Waals surface area contributed by atoms with E-state index in [1.807, 2.05) is 37.3 Å². The lowest BCUT2D eigenvalue weighted by Crippen LogP contribution is -2.26. The molecule has 0 aliphatic heterocycles. The predicted octanol–water partition coefficient (Wildman–Crippen LogP) is 2.77. The van der Waals surface area contributed by atoms with E-state index in [1.54, 1.807) is 11.8 Å². The Morgan fingerprint density at radius 3 is 2.94 bits per heavy atom. The maximum absolute atomic E-state index is 12.0. The third-order valence-electron chi connectivity index (χ3n) is 2.31. The highest BCUT2D eigenvalue weighted by molar-refractivity contribution is 7.99. The predicted molar refractivity (Wildman–Crippen MR) is 80.5 cm³/mol. The lowest BCUT2D eigenvalue weighted by molar-refractivity contribution is 0.0957. The van der Waals surface area contributed by atoms with Gasteiger partial charge >= 0.3 is 0 Å². The van der Waals surface area contributed by atoms with Crippen LogP contribution in [0.4, 0.5) is 5.69 Å². The second-order valence-electron chi connectivity index (χ2n) is 3.70. The normalized spacial score (nSPS) is 9.83. The van der Waals surface area contributed by atoms with Gasteiger partial charge in [0.05, 0.1) is 5.56 Å². The van der Waals surface area contributed by atoms with Crippen LogP contribution in [0, 0.1) is 0 Å². The van der Waals surface area contributed by atoms with Gasteiger partial charge in [0.25, 0.3) is 5.91 Å². The number of thioether (sulfide) groups is 1. The molecule has 0 radical (unpaired) electrons. The molecule has 1 aromatic rings. The molecule has 0 saturated heterocycles. The lowest BCUT2D eigenvalue weighted by Gasteiger charge is -2.10. The van der Waals surface area contributed by atoms with Gasteiger partial charge in [0.15, 0.2) is 0 Å². The van der Waals surface area contributed by atoms with Gasteiger partial charge in [0.2, 0.25) is 0 Å². The molecule has 0 bridgehead atoms. The molecule has 0 heterocycles. The third-order valence-corrected chi connectivity index (χ3v) is 3.27. The Morgan fingerprint density at radius 1 is 1.44 bits per heavy atom. The summed E-state index contributed by atoms with van der Waals surface area (Å²) in [4.78, 5) is 12.0. The fourth-order valence-corrected chi connectivity index (χ4v) is 2.10. The van der Waals surface area contributed by atoms with Crippen molar-refractivity contribution >= 4 is 23.4 Å². The molecule has 0 spiro atoms. The van der Waals surface area contributed by atoms with E-state index in [4.69, 9.17) is 0 Å². The van der Waals surface area contributed by atoms with Gasteiger partial charge in [0.1, 0.15) is 0 Å². The molecular weight excluding hydrogens is 244 g/mol. The monoisotopic (exact) mass is 264 g/mol. The average Bonchev–Trinajstić information content (AvgIpc) is 2.39. The Morgan fingerprint density at radius 2 is 2.22 bits per heavy atom. The van der Waals surface area contributed by atoms with Gasteiger partial charge in [-0.1, -0.05) is 18.2 Å². The van der Waals surface area contributed by atoms with E-state index in [1.165, 1.54) is 0 Å². The van der Waals surface area contributed by atoms with Crippen molar-refractivity contribution in [1.29, 1.82) is 0 Å². The summed E-state index contributed by atoms with van der Waals surface area (Å²) in [7, 11) is 0. The van der Waals surface area contributed by atoms with Crippen molar-refractivity contribution in [3.63, 3.8) is 0 Å². The van der Waals surface area contributed by atoms with Gasteiger partial charge in [-0.2, -0.15) is 11.8 Å². The van der Waals surface area contributed by atoms with Crippen molar-refractivity contribution in [3.8, 4) is 0 Å². The molecule has 1 rings (SSSR count). The molecule has 4 heteroatoms. The number of carbonyl (C=O) groups is 1. The molecule has 2 N–H and O–H groups in total. The van der Waals surface area contributed by atoms with Crippen molar-refractivity contribution in [2.45, 2.75) is 6.92 Å². The maximum atomic E-state index is 12.0. The number of rotatable bonds is 8. The van der Waals surface area contributed by atoms with Gasteiger partial charge in [-0.05, 0) is 19.1 Å².